The smallest absolute Gasteiger partial charge is 0.238 e. The molecule has 1 saturated heterocycles. The summed E-state index contributed by atoms with van der Waals surface area (Å²) in [7, 11) is 0. The third-order valence-corrected chi connectivity index (χ3v) is 4.88. The maximum Gasteiger partial charge on any atom is 0.238 e. The van der Waals surface area contributed by atoms with Gasteiger partial charge in [-0.15, -0.1) is 11.8 Å². The van der Waals surface area contributed by atoms with E-state index in [1.54, 1.807) is 11.8 Å². The van der Waals surface area contributed by atoms with Crippen LogP contribution in [0.15, 0.2) is 0 Å². The van der Waals surface area contributed by atoms with Crippen LogP contribution >= 0.6 is 24.0 Å². The zero-order chi connectivity index (χ0) is 13.8. The second-order valence-electron chi connectivity index (χ2n) is 5.54. The number of carbonyl (C=O) groups is 1. The van der Waals surface area contributed by atoms with Crippen LogP contribution in [-0.4, -0.2) is 39.4 Å². The first-order valence-corrected chi connectivity index (χ1v) is 7.96. The highest BCUT2D eigenvalue weighted by atomic mass is 32.2. The standard InChI is InChI=1S/C13H24N2OS2/c1-10(2)9-15(7-5-11(14)17)12(16)13(3)6-4-8-18-13/h10H,4-9H2,1-3H3,(H2,14,17). The van der Waals surface area contributed by atoms with Crippen molar-refractivity contribution < 1.29 is 4.79 Å². The molecule has 0 saturated carbocycles. The molecule has 2 N–H and O–H groups in total. The third-order valence-electron chi connectivity index (χ3n) is 3.17. The van der Waals surface area contributed by atoms with Gasteiger partial charge in [-0.25, -0.2) is 0 Å². The van der Waals surface area contributed by atoms with Crippen molar-refractivity contribution in [2.24, 2.45) is 11.7 Å². The fourth-order valence-electron chi connectivity index (χ4n) is 2.24. The topological polar surface area (TPSA) is 46.3 Å². The maximum atomic E-state index is 12.6. The number of hydrogen-bond donors (Lipinski definition) is 1. The average Bonchev–Trinajstić information content (AvgIpc) is 2.71. The lowest BCUT2D eigenvalue weighted by atomic mass is 10.0. The van der Waals surface area contributed by atoms with Gasteiger partial charge in [0.05, 0.1) is 9.74 Å². The van der Waals surface area contributed by atoms with E-state index in [0.29, 0.717) is 23.9 Å². The van der Waals surface area contributed by atoms with Crippen molar-refractivity contribution >= 4 is 34.9 Å². The normalized spacial score (nSPS) is 23.3. The monoisotopic (exact) mass is 288 g/mol. The van der Waals surface area contributed by atoms with Gasteiger partial charge in [0, 0.05) is 19.5 Å². The number of hydrogen-bond acceptors (Lipinski definition) is 3. The summed E-state index contributed by atoms with van der Waals surface area (Å²) in [6.45, 7) is 7.78. The van der Waals surface area contributed by atoms with Crippen LogP contribution < -0.4 is 5.73 Å². The fourth-order valence-corrected chi connectivity index (χ4v) is 3.62. The first-order chi connectivity index (χ1) is 8.35. The van der Waals surface area contributed by atoms with E-state index in [1.165, 1.54) is 0 Å². The number of amides is 1. The molecule has 0 aromatic carbocycles. The molecule has 0 aliphatic carbocycles. The predicted octanol–water partition coefficient (Wildman–Crippen LogP) is 2.43. The fraction of sp³-hybridized carbons (Fsp3) is 0.846. The number of nitrogens with two attached hydrogens (primary N) is 1. The molecular formula is C13H24N2OS2. The minimum atomic E-state index is -0.231. The molecule has 1 atom stereocenters. The number of thiocarbonyl (C=S) groups is 1. The quantitative estimate of drug-likeness (QED) is 0.763. The highest BCUT2D eigenvalue weighted by molar-refractivity contribution is 8.01. The lowest BCUT2D eigenvalue weighted by molar-refractivity contribution is -0.133. The summed E-state index contributed by atoms with van der Waals surface area (Å²) in [6.07, 6.45) is 2.74. The van der Waals surface area contributed by atoms with Crippen LogP contribution in [0.3, 0.4) is 0 Å². The van der Waals surface area contributed by atoms with Crippen molar-refractivity contribution in [2.45, 2.75) is 44.8 Å². The molecule has 0 aromatic rings. The van der Waals surface area contributed by atoms with Crippen LogP contribution in [0, 0.1) is 5.92 Å². The van der Waals surface area contributed by atoms with Crippen molar-refractivity contribution in [3.05, 3.63) is 0 Å². The van der Waals surface area contributed by atoms with E-state index in [9.17, 15) is 4.79 Å². The molecule has 3 nitrogen and oxygen atoms in total. The second-order valence-corrected chi connectivity index (χ2v) is 7.67. The number of thioether (sulfide) groups is 1. The van der Waals surface area contributed by atoms with Gasteiger partial charge in [-0.2, -0.15) is 0 Å². The summed E-state index contributed by atoms with van der Waals surface area (Å²) in [5.74, 6) is 1.82. The number of nitrogens with zero attached hydrogens (tertiary/aromatic N) is 1. The summed E-state index contributed by atoms with van der Waals surface area (Å²) in [5, 5.41) is 0. The van der Waals surface area contributed by atoms with Crippen molar-refractivity contribution in [1.29, 1.82) is 0 Å². The van der Waals surface area contributed by atoms with Crippen LogP contribution in [-0.2, 0) is 4.79 Å². The molecule has 1 rings (SSSR count). The molecule has 0 bridgehead atoms. The first kappa shape index (κ1) is 15.8. The van der Waals surface area contributed by atoms with Crippen molar-refractivity contribution in [2.75, 3.05) is 18.8 Å². The van der Waals surface area contributed by atoms with Gasteiger partial charge in [0.15, 0.2) is 0 Å². The van der Waals surface area contributed by atoms with E-state index in [-0.39, 0.29) is 10.7 Å². The zero-order valence-corrected chi connectivity index (χ0v) is 13.2. The average molecular weight is 288 g/mol. The molecule has 1 fully saturated rings. The molecule has 1 amide bonds. The third kappa shape index (κ3) is 4.43. The van der Waals surface area contributed by atoms with E-state index in [1.807, 2.05) is 4.90 Å². The predicted molar refractivity (Wildman–Crippen MR) is 82.9 cm³/mol. The molecule has 5 heteroatoms. The minimum absolute atomic E-state index is 0.231. The zero-order valence-electron chi connectivity index (χ0n) is 11.6. The Morgan fingerprint density at radius 3 is 2.67 bits per heavy atom. The molecule has 1 aliphatic heterocycles. The van der Waals surface area contributed by atoms with Crippen LogP contribution in [0.5, 0.6) is 0 Å². The number of rotatable bonds is 6. The molecule has 0 spiro atoms. The molecule has 1 unspecified atom stereocenters. The van der Waals surface area contributed by atoms with E-state index < -0.39 is 0 Å². The summed E-state index contributed by atoms with van der Waals surface area (Å²) in [6, 6.07) is 0. The van der Waals surface area contributed by atoms with Gasteiger partial charge in [0.1, 0.15) is 0 Å². The van der Waals surface area contributed by atoms with Crippen molar-refractivity contribution in [1.82, 2.24) is 4.90 Å². The summed E-state index contributed by atoms with van der Waals surface area (Å²) < 4.78 is -0.231. The molecule has 1 aliphatic rings. The Morgan fingerprint density at radius 1 is 1.56 bits per heavy atom. The van der Waals surface area contributed by atoms with E-state index in [4.69, 9.17) is 18.0 Å². The van der Waals surface area contributed by atoms with Crippen LogP contribution in [0.2, 0.25) is 0 Å². The number of carbonyl (C=O) groups excluding carboxylic acids is 1. The van der Waals surface area contributed by atoms with Gasteiger partial charge in [-0.1, -0.05) is 26.1 Å². The highest BCUT2D eigenvalue weighted by Gasteiger charge is 2.39. The molecule has 1 heterocycles. The Bertz CT molecular complexity index is 312. The second kappa shape index (κ2) is 6.75. The highest BCUT2D eigenvalue weighted by Crippen LogP contribution is 2.39. The molecule has 0 radical (unpaired) electrons. The largest absolute Gasteiger partial charge is 0.393 e. The Balaban J connectivity index is 2.68. The van der Waals surface area contributed by atoms with Crippen LogP contribution in [0.25, 0.3) is 0 Å². The Labute approximate surface area is 120 Å². The minimum Gasteiger partial charge on any atom is -0.393 e. The van der Waals surface area contributed by atoms with E-state index >= 15 is 0 Å². The van der Waals surface area contributed by atoms with E-state index in [2.05, 4.69) is 20.8 Å². The molecular weight excluding hydrogens is 264 g/mol. The van der Waals surface area contributed by atoms with Crippen LogP contribution in [0.1, 0.15) is 40.0 Å². The van der Waals surface area contributed by atoms with Gasteiger partial charge in [-0.3, -0.25) is 4.79 Å². The lowest BCUT2D eigenvalue weighted by Crippen LogP contribution is -2.46. The molecule has 0 aromatic heterocycles. The van der Waals surface area contributed by atoms with Crippen LogP contribution in [0.4, 0.5) is 0 Å². The van der Waals surface area contributed by atoms with Gasteiger partial charge >= 0.3 is 0 Å². The lowest BCUT2D eigenvalue weighted by Gasteiger charge is -2.32. The summed E-state index contributed by atoms with van der Waals surface area (Å²) in [4.78, 5) is 15.1. The van der Waals surface area contributed by atoms with E-state index in [0.717, 1.165) is 25.1 Å². The molecule has 104 valence electrons. The van der Waals surface area contributed by atoms with Gasteiger partial charge in [0.25, 0.3) is 0 Å². The van der Waals surface area contributed by atoms with Gasteiger partial charge in [0.2, 0.25) is 5.91 Å². The Hall–Kier alpha value is -0.290. The summed E-state index contributed by atoms with van der Waals surface area (Å²) in [5.41, 5.74) is 5.55. The molecule has 18 heavy (non-hydrogen) atoms. The Morgan fingerprint density at radius 2 is 2.22 bits per heavy atom. The van der Waals surface area contributed by atoms with Gasteiger partial charge in [-0.05, 0) is 31.4 Å². The SMILES string of the molecule is CC(C)CN(CCC(N)=S)C(=O)C1(C)CCCS1. The Kier molecular flexibility index (Phi) is 5.92. The summed E-state index contributed by atoms with van der Waals surface area (Å²) >= 11 is 6.70. The van der Waals surface area contributed by atoms with Crippen molar-refractivity contribution in [3.8, 4) is 0 Å². The first-order valence-electron chi connectivity index (χ1n) is 6.57. The maximum absolute atomic E-state index is 12.6. The van der Waals surface area contributed by atoms with Crippen molar-refractivity contribution in [3.63, 3.8) is 0 Å². The van der Waals surface area contributed by atoms with Gasteiger partial charge < -0.3 is 10.6 Å².